The first-order chi connectivity index (χ1) is 17.8. The van der Waals surface area contributed by atoms with Gasteiger partial charge in [-0.05, 0) is 30.5 Å². The molecule has 4 atom stereocenters. The Labute approximate surface area is 214 Å². The Hall–Kier alpha value is -2.80. The molecule has 1 saturated heterocycles. The van der Waals surface area contributed by atoms with Gasteiger partial charge >= 0.3 is 0 Å². The van der Waals surface area contributed by atoms with Crippen molar-refractivity contribution in [3.8, 4) is 0 Å². The van der Waals surface area contributed by atoms with Gasteiger partial charge in [0, 0.05) is 12.2 Å². The van der Waals surface area contributed by atoms with Crippen LogP contribution >= 0.6 is 0 Å². The Morgan fingerprint density at radius 2 is 1.22 bits per heavy atom. The summed E-state index contributed by atoms with van der Waals surface area (Å²) in [5.74, 6) is 0. The van der Waals surface area contributed by atoms with E-state index in [4.69, 9.17) is 23.7 Å². The Bertz CT molecular complexity index is 1040. The van der Waals surface area contributed by atoms with E-state index in [2.05, 4.69) is 36.4 Å². The summed E-state index contributed by atoms with van der Waals surface area (Å²) in [6, 6.07) is 30.5. The molecule has 0 N–H and O–H groups in total. The summed E-state index contributed by atoms with van der Waals surface area (Å²) in [5, 5.41) is 0. The Kier molecular flexibility index (Phi) is 10.3. The maximum Gasteiger partial charge on any atom is 0.182 e. The van der Waals surface area contributed by atoms with E-state index in [-0.39, 0.29) is 18.3 Å². The van der Waals surface area contributed by atoms with Gasteiger partial charge in [-0.3, -0.25) is 0 Å². The van der Waals surface area contributed by atoms with Crippen LogP contribution in [-0.2, 0) is 43.5 Å². The molecule has 36 heavy (non-hydrogen) atoms. The maximum atomic E-state index is 6.54. The third-order valence-electron chi connectivity index (χ3n) is 6.17. The summed E-state index contributed by atoms with van der Waals surface area (Å²) in [7, 11) is 0. The predicted octanol–water partition coefficient (Wildman–Crippen LogP) is 6.08. The van der Waals surface area contributed by atoms with E-state index in [0.29, 0.717) is 33.0 Å². The first kappa shape index (κ1) is 26.3. The molecule has 5 heteroatoms. The lowest BCUT2D eigenvalue weighted by atomic mass is 9.95. The molecule has 1 aliphatic heterocycles. The summed E-state index contributed by atoms with van der Waals surface area (Å²) in [6.45, 7) is 6.26. The molecular weight excluding hydrogens is 452 g/mol. The Morgan fingerprint density at radius 3 is 1.75 bits per heavy atom. The summed E-state index contributed by atoms with van der Waals surface area (Å²) in [4.78, 5) is 0. The van der Waals surface area contributed by atoms with Crippen LogP contribution in [0.4, 0.5) is 0 Å². The van der Waals surface area contributed by atoms with Gasteiger partial charge in [-0.15, -0.1) is 0 Å². The molecule has 1 aliphatic rings. The van der Waals surface area contributed by atoms with E-state index >= 15 is 0 Å². The molecule has 1 heterocycles. The van der Waals surface area contributed by atoms with Crippen molar-refractivity contribution in [2.24, 2.45) is 0 Å². The highest BCUT2D eigenvalue weighted by Crippen LogP contribution is 2.32. The van der Waals surface area contributed by atoms with Crippen LogP contribution in [0.5, 0.6) is 0 Å². The minimum atomic E-state index is -0.511. The van der Waals surface area contributed by atoms with Crippen molar-refractivity contribution in [2.75, 3.05) is 13.2 Å². The highest BCUT2D eigenvalue weighted by Gasteiger charge is 2.44. The lowest BCUT2D eigenvalue weighted by Crippen LogP contribution is -2.54. The van der Waals surface area contributed by atoms with Gasteiger partial charge in [0.05, 0.1) is 26.4 Å². The van der Waals surface area contributed by atoms with Crippen molar-refractivity contribution in [2.45, 2.75) is 58.3 Å². The molecular formula is C31H36O5. The molecule has 0 saturated carbocycles. The quantitative estimate of drug-likeness (QED) is 0.289. The fraction of sp³-hybridized carbons (Fsp3) is 0.355. The smallest absolute Gasteiger partial charge is 0.182 e. The average Bonchev–Trinajstić information content (AvgIpc) is 2.93. The first-order valence-corrected chi connectivity index (χ1v) is 12.6. The van der Waals surface area contributed by atoms with Gasteiger partial charge < -0.3 is 23.7 Å². The van der Waals surface area contributed by atoms with Crippen LogP contribution < -0.4 is 0 Å². The lowest BCUT2D eigenvalue weighted by molar-refractivity contribution is -0.248. The first-order valence-electron chi connectivity index (χ1n) is 12.6. The monoisotopic (exact) mass is 488 g/mol. The number of rotatable bonds is 12. The normalized spacial score (nSPS) is 23.1. The van der Waals surface area contributed by atoms with Gasteiger partial charge in [0.1, 0.15) is 18.3 Å². The highest BCUT2D eigenvalue weighted by molar-refractivity contribution is 5.20. The molecule has 3 aromatic rings. The number of allylic oxidation sites excluding steroid dienone is 1. The molecule has 0 radical (unpaired) electrons. The summed E-state index contributed by atoms with van der Waals surface area (Å²) in [6.07, 6.45) is 0.443. The van der Waals surface area contributed by atoms with Crippen LogP contribution in [-0.4, -0.2) is 37.8 Å². The number of hydrogen-bond donors (Lipinski definition) is 0. The molecule has 0 spiro atoms. The van der Waals surface area contributed by atoms with E-state index in [1.165, 1.54) is 0 Å². The van der Waals surface area contributed by atoms with Crippen LogP contribution in [0.3, 0.4) is 0 Å². The zero-order valence-electron chi connectivity index (χ0n) is 21.1. The van der Waals surface area contributed by atoms with E-state index in [9.17, 15) is 0 Å². The maximum absolute atomic E-state index is 6.54. The largest absolute Gasteiger partial charge is 0.374 e. The zero-order valence-corrected chi connectivity index (χ0v) is 21.1. The van der Waals surface area contributed by atoms with Gasteiger partial charge in [0.15, 0.2) is 6.29 Å². The number of benzene rings is 3. The Morgan fingerprint density at radius 1 is 0.694 bits per heavy atom. The second-order valence-corrected chi connectivity index (χ2v) is 8.73. The van der Waals surface area contributed by atoms with E-state index < -0.39 is 6.29 Å². The summed E-state index contributed by atoms with van der Waals surface area (Å²) < 4.78 is 31.6. The van der Waals surface area contributed by atoms with Crippen molar-refractivity contribution in [1.29, 1.82) is 0 Å². The predicted molar refractivity (Wildman–Crippen MR) is 140 cm³/mol. The van der Waals surface area contributed by atoms with Crippen molar-refractivity contribution in [3.63, 3.8) is 0 Å². The van der Waals surface area contributed by atoms with Gasteiger partial charge in [0.2, 0.25) is 0 Å². The van der Waals surface area contributed by atoms with Crippen LogP contribution in [0.2, 0.25) is 0 Å². The topological polar surface area (TPSA) is 46.2 Å². The van der Waals surface area contributed by atoms with Crippen molar-refractivity contribution < 1.29 is 23.7 Å². The molecule has 0 bridgehead atoms. The third-order valence-corrected chi connectivity index (χ3v) is 6.17. The average molecular weight is 489 g/mol. The van der Waals surface area contributed by atoms with Gasteiger partial charge in [-0.1, -0.05) is 97.1 Å². The zero-order chi connectivity index (χ0) is 25.0. The SMILES string of the molecule is C/C=C1\C(OCC)O[C@H](COCc2ccccc2)[C@@H](OCc2ccccc2)[C@@H]1OCc1ccccc1. The second kappa shape index (κ2) is 14.1. The van der Waals surface area contributed by atoms with E-state index in [0.717, 1.165) is 22.3 Å². The minimum absolute atomic E-state index is 0.338. The van der Waals surface area contributed by atoms with Gasteiger partial charge in [-0.25, -0.2) is 0 Å². The number of ether oxygens (including phenoxy) is 5. The molecule has 4 rings (SSSR count). The van der Waals surface area contributed by atoms with Crippen LogP contribution in [0, 0.1) is 0 Å². The Balaban J connectivity index is 1.54. The molecule has 3 aromatic carbocycles. The van der Waals surface area contributed by atoms with Gasteiger partial charge in [0.25, 0.3) is 0 Å². The van der Waals surface area contributed by atoms with E-state index in [1.807, 2.05) is 74.5 Å². The fourth-order valence-corrected chi connectivity index (χ4v) is 4.33. The minimum Gasteiger partial charge on any atom is -0.374 e. The van der Waals surface area contributed by atoms with E-state index in [1.54, 1.807) is 0 Å². The van der Waals surface area contributed by atoms with Crippen molar-refractivity contribution in [1.82, 2.24) is 0 Å². The molecule has 5 nitrogen and oxygen atoms in total. The second-order valence-electron chi connectivity index (χ2n) is 8.73. The summed E-state index contributed by atoms with van der Waals surface area (Å²) >= 11 is 0. The fourth-order valence-electron chi connectivity index (χ4n) is 4.33. The highest BCUT2D eigenvalue weighted by atomic mass is 16.7. The van der Waals surface area contributed by atoms with Crippen molar-refractivity contribution in [3.05, 3.63) is 119 Å². The van der Waals surface area contributed by atoms with Gasteiger partial charge in [-0.2, -0.15) is 0 Å². The number of hydrogen-bond acceptors (Lipinski definition) is 5. The van der Waals surface area contributed by atoms with Crippen molar-refractivity contribution >= 4 is 0 Å². The standard InChI is InChI=1S/C31H36O5/c1-3-27-29(34-21-25-16-10-6-11-17-25)30(35-22-26-18-12-7-13-19-26)28(36-31(27)33-4-2)23-32-20-24-14-8-5-9-15-24/h3,5-19,28-31H,4,20-23H2,1-2H3/b27-3-/t28-,29-,30-,31?/m1/s1. The molecule has 0 aromatic heterocycles. The third kappa shape index (κ3) is 7.36. The van der Waals surface area contributed by atoms with Crippen LogP contribution in [0.25, 0.3) is 0 Å². The van der Waals surface area contributed by atoms with Crippen LogP contribution in [0.1, 0.15) is 30.5 Å². The molecule has 1 unspecified atom stereocenters. The summed E-state index contributed by atoms with van der Waals surface area (Å²) in [5.41, 5.74) is 4.25. The lowest BCUT2D eigenvalue weighted by Gasteiger charge is -2.43. The molecule has 0 aliphatic carbocycles. The molecule has 190 valence electrons. The molecule has 0 amide bonds. The van der Waals surface area contributed by atoms with Crippen LogP contribution in [0.15, 0.2) is 103 Å². The molecule has 1 fully saturated rings.